The number of hydrogen-bond donors (Lipinski definition) is 0. The van der Waals surface area contributed by atoms with Gasteiger partial charge in [0.1, 0.15) is 6.10 Å². The van der Waals surface area contributed by atoms with E-state index in [1.165, 1.54) is 38.5 Å². The van der Waals surface area contributed by atoms with Gasteiger partial charge in [-0.3, -0.25) is 0 Å². The molecule has 1 heterocycles. The van der Waals surface area contributed by atoms with Crippen molar-refractivity contribution < 1.29 is 9.47 Å². The molecule has 0 saturated carbocycles. The average Bonchev–Trinajstić information content (AvgIpc) is 2.98. The van der Waals surface area contributed by atoms with Gasteiger partial charge in [-0.05, 0) is 18.8 Å². The molecule has 1 rings (SSSR count). The van der Waals surface area contributed by atoms with E-state index >= 15 is 0 Å². The highest BCUT2D eigenvalue weighted by atomic mass is 16.6. The zero-order valence-electron chi connectivity index (χ0n) is 11.2. The molecule has 0 aromatic rings. The second-order valence-electron chi connectivity index (χ2n) is 5.32. The second kappa shape index (κ2) is 8.08. The first-order valence-corrected chi connectivity index (χ1v) is 6.97. The molecule has 0 unspecified atom stereocenters. The highest BCUT2D eigenvalue weighted by Crippen LogP contribution is 2.27. The van der Waals surface area contributed by atoms with Crippen molar-refractivity contribution in [2.24, 2.45) is 5.92 Å². The summed E-state index contributed by atoms with van der Waals surface area (Å²) in [6.45, 7) is 8.48. The predicted octanol–water partition coefficient (Wildman–Crippen LogP) is 3.79. The van der Waals surface area contributed by atoms with Crippen molar-refractivity contribution in [3.05, 3.63) is 0 Å². The van der Waals surface area contributed by atoms with Gasteiger partial charge in [0.15, 0.2) is 0 Å². The molecule has 0 amide bonds. The minimum absolute atomic E-state index is 0.413. The monoisotopic (exact) mass is 228 g/mol. The van der Waals surface area contributed by atoms with Crippen molar-refractivity contribution in [3.63, 3.8) is 0 Å². The quantitative estimate of drug-likeness (QED) is 0.419. The summed E-state index contributed by atoms with van der Waals surface area (Å²) in [5.41, 5.74) is 0. The summed E-state index contributed by atoms with van der Waals surface area (Å²) in [7, 11) is 0. The maximum atomic E-state index is 5.58. The first-order chi connectivity index (χ1) is 7.74. The van der Waals surface area contributed by atoms with E-state index in [1.54, 1.807) is 0 Å². The molecule has 0 aromatic carbocycles. The van der Waals surface area contributed by atoms with Crippen LogP contribution in [0.4, 0.5) is 0 Å². The molecule has 1 aliphatic heterocycles. The lowest BCUT2D eigenvalue weighted by atomic mass is 10.0. The molecule has 2 atom stereocenters. The van der Waals surface area contributed by atoms with Crippen LogP contribution in [0.3, 0.4) is 0 Å². The number of unbranched alkanes of at least 4 members (excludes halogenated alkanes) is 2. The fourth-order valence-electron chi connectivity index (χ4n) is 1.92. The molecule has 0 aromatic heterocycles. The van der Waals surface area contributed by atoms with Gasteiger partial charge < -0.3 is 9.47 Å². The highest BCUT2D eigenvalue weighted by molar-refractivity contribution is 4.84. The lowest BCUT2D eigenvalue weighted by Gasteiger charge is -2.02. The lowest BCUT2D eigenvalue weighted by Crippen LogP contribution is -2.06. The Morgan fingerprint density at radius 3 is 2.62 bits per heavy atom. The third-order valence-electron chi connectivity index (χ3n) is 3.13. The van der Waals surface area contributed by atoms with Crippen LogP contribution in [-0.2, 0) is 9.47 Å². The summed E-state index contributed by atoms with van der Waals surface area (Å²) in [6.07, 6.45) is 8.55. The van der Waals surface area contributed by atoms with E-state index in [-0.39, 0.29) is 0 Å². The minimum atomic E-state index is 0.413. The van der Waals surface area contributed by atoms with E-state index in [0.29, 0.717) is 12.2 Å². The van der Waals surface area contributed by atoms with Crippen molar-refractivity contribution in [1.82, 2.24) is 0 Å². The molecule has 96 valence electrons. The molecule has 2 nitrogen and oxygen atoms in total. The van der Waals surface area contributed by atoms with Gasteiger partial charge in [0.25, 0.3) is 0 Å². The Labute approximate surface area is 101 Å². The van der Waals surface area contributed by atoms with E-state index in [9.17, 15) is 0 Å². The van der Waals surface area contributed by atoms with Crippen LogP contribution in [0.1, 0.15) is 59.3 Å². The fourth-order valence-corrected chi connectivity index (χ4v) is 1.92. The summed E-state index contributed by atoms with van der Waals surface area (Å²) in [5, 5.41) is 0. The molecule has 1 saturated heterocycles. The van der Waals surface area contributed by atoms with Crippen molar-refractivity contribution >= 4 is 0 Å². The maximum Gasteiger partial charge on any atom is 0.107 e. The molecule has 0 bridgehead atoms. The number of epoxide rings is 1. The van der Waals surface area contributed by atoms with Crippen LogP contribution in [0.15, 0.2) is 0 Å². The molecule has 1 aliphatic rings. The topological polar surface area (TPSA) is 21.8 Å². The zero-order valence-corrected chi connectivity index (χ0v) is 11.2. The average molecular weight is 228 g/mol. The molecule has 0 N–H and O–H groups in total. The van der Waals surface area contributed by atoms with Gasteiger partial charge in [0.05, 0.1) is 12.7 Å². The molecule has 1 fully saturated rings. The summed E-state index contributed by atoms with van der Waals surface area (Å²) in [5.74, 6) is 0.841. The molecule has 16 heavy (non-hydrogen) atoms. The van der Waals surface area contributed by atoms with Gasteiger partial charge in [-0.1, -0.05) is 46.5 Å². The van der Waals surface area contributed by atoms with Crippen molar-refractivity contribution in [3.8, 4) is 0 Å². The fraction of sp³-hybridized carbons (Fsp3) is 1.00. The van der Waals surface area contributed by atoms with Gasteiger partial charge in [0.2, 0.25) is 0 Å². The Hall–Kier alpha value is -0.0800. The van der Waals surface area contributed by atoms with E-state index in [0.717, 1.165) is 19.1 Å². The molecular weight excluding hydrogens is 200 g/mol. The second-order valence-corrected chi connectivity index (χ2v) is 5.32. The number of rotatable bonds is 10. The van der Waals surface area contributed by atoms with Crippen LogP contribution >= 0.6 is 0 Å². The highest BCUT2D eigenvalue weighted by Gasteiger charge is 2.37. The van der Waals surface area contributed by atoms with Crippen LogP contribution in [0.2, 0.25) is 0 Å². The Bertz CT molecular complexity index is 168. The summed E-state index contributed by atoms with van der Waals surface area (Å²) in [6, 6.07) is 0. The van der Waals surface area contributed by atoms with Crippen LogP contribution in [0.25, 0.3) is 0 Å². The van der Waals surface area contributed by atoms with E-state index < -0.39 is 0 Å². The van der Waals surface area contributed by atoms with Gasteiger partial charge in [-0.2, -0.15) is 0 Å². The van der Waals surface area contributed by atoms with Gasteiger partial charge in [-0.25, -0.2) is 0 Å². The zero-order chi connectivity index (χ0) is 11.8. The molecule has 0 aliphatic carbocycles. The lowest BCUT2D eigenvalue weighted by molar-refractivity contribution is 0.114. The Morgan fingerprint density at radius 2 is 1.94 bits per heavy atom. The van der Waals surface area contributed by atoms with Crippen LogP contribution in [0.5, 0.6) is 0 Å². The Morgan fingerprint density at radius 1 is 1.12 bits per heavy atom. The summed E-state index contributed by atoms with van der Waals surface area (Å²) >= 11 is 0. The third-order valence-corrected chi connectivity index (χ3v) is 3.13. The van der Waals surface area contributed by atoms with Crippen molar-refractivity contribution in [2.75, 3.05) is 13.2 Å². The maximum absolute atomic E-state index is 5.58. The van der Waals surface area contributed by atoms with E-state index in [1.807, 2.05) is 0 Å². The molecule has 0 spiro atoms. The van der Waals surface area contributed by atoms with E-state index in [4.69, 9.17) is 9.47 Å². The Balaban J connectivity index is 1.83. The molecular formula is C14H28O2. The number of ether oxygens (including phenoxy) is 2. The number of hydrogen-bond acceptors (Lipinski definition) is 2. The third kappa shape index (κ3) is 6.49. The van der Waals surface area contributed by atoms with E-state index in [2.05, 4.69) is 20.8 Å². The van der Waals surface area contributed by atoms with Gasteiger partial charge >= 0.3 is 0 Å². The first-order valence-electron chi connectivity index (χ1n) is 6.97. The molecule has 0 radical (unpaired) electrons. The summed E-state index contributed by atoms with van der Waals surface area (Å²) in [4.78, 5) is 0. The first kappa shape index (κ1) is 14.0. The van der Waals surface area contributed by atoms with Crippen LogP contribution < -0.4 is 0 Å². The van der Waals surface area contributed by atoms with Crippen LogP contribution in [0, 0.1) is 5.92 Å². The minimum Gasteiger partial charge on any atom is -0.379 e. The SMILES string of the molecule is CCCCOC[C@@H]1O[C@@H]1CCCCC(C)C. The normalized spacial score (nSPS) is 24.0. The molecule has 2 heteroatoms. The largest absolute Gasteiger partial charge is 0.379 e. The standard InChI is InChI=1S/C14H28O2/c1-4-5-10-15-11-14-13(16-14)9-7-6-8-12(2)3/h12-14H,4-11H2,1-3H3/t13-,14+/m1/s1. The Kier molecular flexibility index (Phi) is 7.06. The van der Waals surface area contributed by atoms with Crippen molar-refractivity contribution in [1.29, 1.82) is 0 Å². The van der Waals surface area contributed by atoms with Crippen LogP contribution in [-0.4, -0.2) is 25.4 Å². The van der Waals surface area contributed by atoms with Gasteiger partial charge in [0, 0.05) is 6.61 Å². The predicted molar refractivity (Wildman–Crippen MR) is 67.7 cm³/mol. The van der Waals surface area contributed by atoms with Gasteiger partial charge in [-0.15, -0.1) is 0 Å². The summed E-state index contributed by atoms with van der Waals surface area (Å²) < 4.78 is 11.1. The smallest absolute Gasteiger partial charge is 0.107 e. The van der Waals surface area contributed by atoms with Crippen molar-refractivity contribution in [2.45, 2.75) is 71.5 Å².